The number of hydrogen-bond acceptors (Lipinski definition) is 2. The van der Waals surface area contributed by atoms with Gasteiger partial charge in [0.25, 0.3) is 0 Å². The Labute approximate surface area is 454 Å². The molecule has 0 radical (unpaired) electrons. The number of pyridine rings is 1. The zero-order chi connectivity index (χ0) is 51.9. The van der Waals surface area contributed by atoms with Crippen LogP contribution in [-0.4, -0.2) is 14.1 Å². The highest BCUT2D eigenvalue weighted by Crippen LogP contribution is 2.52. The third-order valence-electron chi connectivity index (χ3n) is 16.3. The maximum absolute atomic E-state index is 4.39. The molecule has 0 unspecified atom stereocenters. The molecule has 4 nitrogen and oxygen atoms in total. The summed E-state index contributed by atoms with van der Waals surface area (Å²) >= 11 is 0. The van der Waals surface area contributed by atoms with E-state index in [4.69, 9.17) is 0 Å². The number of aromatic nitrogens is 3. The molecule has 0 bridgehead atoms. The summed E-state index contributed by atoms with van der Waals surface area (Å²) in [4.78, 5) is 6.74. The molecule has 0 spiro atoms. The Bertz CT molecular complexity index is 4620. The van der Waals surface area contributed by atoms with Gasteiger partial charge >= 0.3 is 0 Å². The van der Waals surface area contributed by atoms with Gasteiger partial charge in [0.2, 0.25) is 0 Å². The second-order valence-electron chi connectivity index (χ2n) is 21.2. The Kier molecular flexibility index (Phi) is 10.5. The smallest absolute Gasteiger partial charge is 0.0541 e. The molecule has 3 heterocycles. The Morgan fingerprint density at radius 1 is 0.333 bits per heavy atom. The summed E-state index contributed by atoms with van der Waals surface area (Å²) in [6.07, 6.45) is 3.74. The van der Waals surface area contributed by atoms with Crippen molar-refractivity contribution in [3.8, 4) is 67.0 Å². The van der Waals surface area contributed by atoms with E-state index in [9.17, 15) is 0 Å². The predicted molar refractivity (Wildman–Crippen MR) is 327 cm³/mol. The minimum Gasteiger partial charge on any atom is -0.310 e. The fourth-order valence-electron chi connectivity index (χ4n) is 12.7. The highest BCUT2D eigenvalue weighted by Gasteiger charge is 2.38. The van der Waals surface area contributed by atoms with Crippen molar-refractivity contribution in [3.63, 3.8) is 0 Å². The molecule has 0 aliphatic heterocycles. The summed E-state index contributed by atoms with van der Waals surface area (Å²) in [5, 5.41) is 4.92. The lowest BCUT2D eigenvalue weighted by Crippen LogP contribution is -2.17. The molecule has 0 saturated heterocycles. The summed E-state index contributed by atoms with van der Waals surface area (Å²) in [6, 6.07) is 98.1. The van der Waals surface area contributed by atoms with Crippen LogP contribution in [0.1, 0.15) is 25.0 Å². The molecule has 0 fully saturated rings. The molecule has 3 aromatic heterocycles. The van der Waals surface area contributed by atoms with Crippen LogP contribution in [0.25, 0.3) is 111 Å². The first-order chi connectivity index (χ1) is 38.4. The van der Waals surface area contributed by atoms with E-state index in [1.54, 1.807) is 0 Å². The molecular formula is C74H52N4. The van der Waals surface area contributed by atoms with Crippen LogP contribution in [0.2, 0.25) is 0 Å². The lowest BCUT2D eigenvalue weighted by Gasteiger charge is -2.26. The standard InChI is InChI=1S/C74H52N4/c1-74(2)67-29-12-9-25-61(67)64-28-16-32-72(73(64)74)78-69-31-14-11-27-63(69)66-47-52(36-40-71(66)78)56-43-54(42-55(44-56)51-35-39-70-65(46-51)62-26-10-13-30-68(62)77(70)58-22-7-4-8-23-58)50-18-15-24-60(45-50)76(57-20-5-3-6-21-57)59-37-33-49(34-38-59)53-19-17-41-75-48-53/h3-48H,1-2H3. The first kappa shape index (κ1) is 45.4. The summed E-state index contributed by atoms with van der Waals surface area (Å²) in [5.41, 5.74) is 24.7. The number of fused-ring (bicyclic) bond motifs is 9. The maximum Gasteiger partial charge on any atom is 0.0541 e. The van der Waals surface area contributed by atoms with Gasteiger partial charge in [-0.3, -0.25) is 4.98 Å². The van der Waals surface area contributed by atoms with Crippen molar-refractivity contribution in [1.82, 2.24) is 14.1 Å². The van der Waals surface area contributed by atoms with Gasteiger partial charge in [0, 0.05) is 62.1 Å². The van der Waals surface area contributed by atoms with Gasteiger partial charge < -0.3 is 14.0 Å². The van der Waals surface area contributed by atoms with E-state index in [1.165, 1.54) is 71.6 Å². The predicted octanol–water partition coefficient (Wildman–Crippen LogP) is 19.7. The Balaban J connectivity index is 0.913. The zero-order valence-corrected chi connectivity index (χ0v) is 43.3. The van der Waals surface area contributed by atoms with Crippen LogP contribution >= 0.6 is 0 Å². The Morgan fingerprint density at radius 3 is 1.53 bits per heavy atom. The van der Waals surface area contributed by atoms with Crippen LogP contribution < -0.4 is 4.90 Å². The lowest BCUT2D eigenvalue weighted by molar-refractivity contribution is 0.656. The van der Waals surface area contributed by atoms with Gasteiger partial charge in [-0.25, -0.2) is 0 Å². The molecule has 368 valence electrons. The third-order valence-corrected chi connectivity index (χ3v) is 16.3. The van der Waals surface area contributed by atoms with Gasteiger partial charge in [-0.2, -0.15) is 0 Å². The van der Waals surface area contributed by atoms with E-state index >= 15 is 0 Å². The van der Waals surface area contributed by atoms with Crippen LogP contribution in [0.4, 0.5) is 17.1 Å². The van der Waals surface area contributed by atoms with Crippen LogP contribution in [0.5, 0.6) is 0 Å². The first-order valence-electron chi connectivity index (χ1n) is 26.9. The molecule has 78 heavy (non-hydrogen) atoms. The SMILES string of the molecule is CC1(C)c2ccccc2-c2cccc(-n3c4ccccc4c4cc(-c5cc(-c6cccc(N(c7ccccc7)c7ccc(-c8cccnc8)cc7)c6)cc(-c6ccc7c(c6)c6ccccc6n7-c6ccccc6)c5)ccc43)c21. The highest BCUT2D eigenvalue weighted by atomic mass is 15.1. The minimum atomic E-state index is -0.170. The van der Waals surface area contributed by atoms with Gasteiger partial charge in [0.05, 0.1) is 27.8 Å². The largest absolute Gasteiger partial charge is 0.310 e. The fraction of sp³-hybridized carbons (Fsp3) is 0.0405. The average Bonchev–Trinajstić information content (AvgIpc) is 4.24. The van der Waals surface area contributed by atoms with Crippen molar-refractivity contribution in [2.45, 2.75) is 19.3 Å². The molecule has 0 atom stereocenters. The number of anilines is 3. The highest BCUT2D eigenvalue weighted by molar-refractivity contribution is 6.12. The van der Waals surface area contributed by atoms with Crippen molar-refractivity contribution in [2.75, 3.05) is 4.90 Å². The average molecular weight is 997 g/mol. The van der Waals surface area contributed by atoms with Crippen molar-refractivity contribution < 1.29 is 0 Å². The molecule has 15 rings (SSSR count). The van der Waals surface area contributed by atoms with Crippen LogP contribution in [0.3, 0.4) is 0 Å². The summed E-state index contributed by atoms with van der Waals surface area (Å²) in [6.45, 7) is 4.76. The normalized spacial score (nSPS) is 12.6. The number of nitrogens with zero attached hydrogens (tertiary/aromatic N) is 4. The first-order valence-corrected chi connectivity index (χ1v) is 26.9. The molecule has 0 N–H and O–H groups in total. The van der Waals surface area contributed by atoms with Crippen molar-refractivity contribution in [2.24, 2.45) is 0 Å². The fourth-order valence-corrected chi connectivity index (χ4v) is 12.7. The number of hydrogen-bond donors (Lipinski definition) is 0. The van der Waals surface area contributed by atoms with E-state index in [1.807, 2.05) is 18.5 Å². The van der Waals surface area contributed by atoms with E-state index in [0.717, 1.165) is 67.3 Å². The summed E-state index contributed by atoms with van der Waals surface area (Å²) in [5.74, 6) is 0. The molecule has 0 saturated carbocycles. The molecule has 1 aliphatic rings. The van der Waals surface area contributed by atoms with Crippen LogP contribution in [0.15, 0.2) is 279 Å². The monoisotopic (exact) mass is 996 g/mol. The van der Waals surface area contributed by atoms with Gasteiger partial charge in [-0.15, -0.1) is 0 Å². The van der Waals surface area contributed by atoms with Crippen molar-refractivity contribution in [3.05, 3.63) is 290 Å². The van der Waals surface area contributed by atoms with Gasteiger partial charge in [0.1, 0.15) is 0 Å². The molecule has 11 aromatic carbocycles. The van der Waals surface area contributed by atoms with Gasteiger partial charge in [0.15, 0.2) is 0 Å². The van der Waals surface area contributed by atoms with Crippen LogP contribution in [-0.2, 0) is 5.41 Å². The number of para-hydroxylation sites is 4. The molecule has 14 aromatic rings. The molecule has 4 heteroatoms. The van der Waals surface area contributed by atoms with Gasteiger partial charge in [-0.05, 0) is 182 Å². The Morgan fingerprint density at radius 2 is 0.846 bits per heavy atom. The number of rotatable bonds is 9. The maximum atomic E-state index is 4.39. The van der Waals surface area contributed by atoms with Crippen molar-refractivity contribution >= 4 is 60.7 Å². The third kappa shape index (κ3) is 7.33. The topological polar surface area (TPSA) is 26.0 Å². The molecule has 1 aliphatic carbocycles. The molecule has 0 amide bonds. The van der Waals surface area contributed by atoms with Gasteiger partial charge in [-0.1, -0.05) is 166 Å². The van der Waals surface area contributed by atoms with E-state index in [-0.39, 0.29) is 5.41 Å². The van der Waals surface area contributed by atoms with E-state index < -0.39 is 0 Å². The second kappa shape index (κ2) is 18.1. The second-order valence-corrected chi connectivity index (χ2v) is 21.2. The molecular weight excluding hydrogens is 945 g/mol. The summed E-state index contributed by atoms with van der Waals surface area (Å²) < 4.78 is 4.90. The summed E-state index contributed by atoms with van der Waals surface area (Å²) in [7, 11) is 0. The van der Waals surface area contributed by atoms with E-state index in [0.29, 0.717) is 0 Å². The zero-order valence-electron chi connectivity index (χ0n) is 43.3. The van der Waals surface area contributed by atoms with E-state index in [2.05, 4.69) is 294 Å². The van der Waals surface area contributed by atoms with Crippen molar-refractivity contribution in [1.29, 1.82) is 0 Å². The lowest BCUT2D eigenvalue weighted by atomic mass is 9.81. The number of benzene rings is 11. The van der Waals surface area contributed by atoms with Crippen LogP contribution in [0, 0.1) is 0 Å². The minimum absolute atomic E-state index is 0.170. The quantitative estimate of drug-likeness (QED) is 0.144. The Hall–Kier alpha value is -10.0.